The Kier molecular flexibility index (Phi) is 5.03. The fourth-order valence-corrected chi connectivity index (χ4v) is 3.15. The van der Waals surface area contributed by atoms with Gasteiger partial charge in [-0.1, -0.05) is 44.2 Å². The minimum Gasteiger partial charge on any atom is -0.324 e. The molecule has 0 fully saturated rings. The maximum atomic E-state index is 12.7. The maximum absolute atomic E-state index is 12.7. The normalized spacial score (nSPS) is 11.0. The summed E-state index contributed by atoms with van der Waals surface area (Å²) < 4.78 is 3.29. The number of anilines is 1. The van der Waals surface area contributed by atoms with Crippen molar-refractivity contribution in [3.8, 4) is 0 Å². The second-order valence-corrected chi connectivity index (χ2v) is 6.07. The molecule has 130 valence electrons. The van der Waals surface area contributed by atoms with E-state index in [4.69, 9.17) is 0 Å². The Labute approximate surface area is 146 Å². The molecule has 0 bridgehead atoms. The molecule has 1 amide bonds. The van der Waals surface area contributed by atoms with Gasteiger partial charge in [0, 0.05) is 12.2 Å². The Bertz CT molecular complexity index is 953. The van der Waals surface area contributed by atoms with Crippen LogP contribution in [-0.4, -0.2) is 15.0 Å². The fourth-order valence-electron chi connectivity index (χ4n) is 3.15. The van der Waals surface area contributed by atoms with Gasteiger partial charge < -0.3 is 5.32 Å². The van der Waals surface area contributed by atoms with Crippen molar-refractivity contribution >= 4 is 22.6 Å². The van der Waals surface area contributed by atoms with Crippen LogP contribution in [0.3, 0.4) is 0 Å². The minimum atomic E-state index is -0.192. The SMILES string of the molecule is CCCn1c(=O)n(CC(=O)Nc2ccccc2CC)c2ccccc21. The van der Waals surface area contributed by atoms with E-state index in [1.807, 2.05) is 62.4 Å². The lowest BCUT2D eigenvalue weighted by molar-refractivity contribution is -0.116. The molecule has 5 heteroatoms. The van der Waals surface area contributed by atoms with E-state index in [9.17, 15) is 9.59 Å². The molecule has 0 saturated heterocycles. The molecule has 3 rings (SSSR count). The minimum absolute atomic E-state index is 0.00805. The number of aryl methyl sites for hydroxylation is 2. The highest BCUT2D eigenvalue weighted by atomic mass is 16.2. The lowest BCUT2D eigenvalue weighted by atomic mass is 10.1. The molecular weight excluding hydrogens is 314 g/mol. The van der Waals surface area contributed by atoms with Crippen molar-refractivity contribution < 1.29 is 4.79 Å². The van der Waals surface area contributed by atoms with Crippen LogP contribution in [0.4, 0.5) is 5.69 Å². The molecule has 1 aromatic heterocycles. The summed E-state index contributed by atoms with van der Waals surface area (Å²) in [7, 11) is 0. The molecule has 0 atom stereocenters. The van der Waals surface area contributed by atoms with Crippen LogP contribution in [0.15, 0.2) is 53.3 Å². The van der Waals surface area contributed by atoms with Crippen molar-refractivity contribution in [3.63, 3.8) is 0 Å². The first-order valence-electron chi connectivity index (χ1n) is 8.71. The molecule has 0 unspecified atom stereocenters. The predicted molar refractivity (Wildman–Crippen MR) is 101 cm³/mol. The molecule has 0 aliphatic carbocycles. The van der Waals surface area contributed by atoms with E-state index < -0.39 is 0 Å². The Morgan fingerprint density at radius 3 is 2.28 bits per heavy atom. The summed E-state index contributed by atoms with van der Waals surface area (Å²) in [5.74, 6) is -0.192. The van der Waals surface area contributed by atoms with Crippen LogP contribution in [0.1, 0.15) is 25.8 Å². The van der Waals surface area contributed by atoms with Crippen molar-refractivity contribution in [1.82, 2.24) is 9.13 Å². The Hall–Kier alpha value is -2.82. The summed E-state index contributed by atoms with van der Waals surface area (Å²) in [5, 5.41) is 2.94. The smallest absolute Gasteiger partial charge is 0.324 e. The van der Waals surface area contributed by atoms with E-state index in [-0.39, 0.29) is 18.1 Å². The van der Waals surface area contributed by atoms with Gasteiger partial charge in [0.2, 0.25) is 5.91 Å². The van der Waals surface area contributed by atoms with E-state index >= 15 is 0 Å². The van der Waals surface area contributed by atoms with Crippen LogP contribution in [0, 0.1) is 0 Å². The van der Waals surface area contributed by atoms with Gasteiger partial charge in [0.1, 0.15) is 6.54 Å². The zero-order chi connectivity index (χ0) is 17.8. The van der Waals surface area contributed by atoms with Crippen LogP contribution in [-0.2, 0) is 24.3 Å². The lowest BCUT2D eigenvalue weighted by Crippen LogP contribution is -2.29. The molecular formula is C20H23N3O2. The highest BCUT2D eigenvalue weighted by Crippen LogP contribution is 2.16. The molecule has 0 saturated carbocycles. The van der Waals surface area contributed by atoms with E-state index in [2.05, 4.69) is 5.32 Å². The third-order valence-corrected chi connectivity index (χ3v) is 4.35. The monoisotopic (exact) mass is 337 g/mol. The van der Waals surface area contributed by atoms with Gasteiger partial charge >= 0.3 is 5.69 Å². The molecule has 0 aliphatic rings. The number of aromatic nitrogens is 2. The third kappa shape index (κ3) is 3.36. The summed E-state index contributed by atoms with van der Waals surface area (Å²) in [4.78, 5) is 25.3. The van der Waals surface area contributed by atoms with Crippen LogP contribution in [0.2, 0.25) is 0 Å². The molecule has 0 aliphatic heterocycles. The summed E-state index contributed by atoms with van der Waals surface area (Å²) >= 11 is 0. The number of para-hydroxylation sites is 3. The standard InChI is InChI=1S/C20H23N3O2/c1-3-13-22-17-11-7-8-12-18(17)23(20(22)25)14-19(24)21-16-10-6-5-9-15(16)4-2/h5-12H,3-4,13-14H2,1-2H3,(H,21,24). The van der Waals surface area contributed by atoms with Gasteiger partial charge in [-0.2, -0.15) is 0 Å². The summed E-state index contributed by atoms with van der Waals surface area (Å²) in [6.45, 7) is 4.74. The lowest BCUT2D eigenvalue weighted by Gasteiger charge is -2.10. The fraction of sp³-hybridized carbons (Fsp3) is 0.300. The van der Waals surface area contributed by atoms with Gasteiger partial charge in [-0.05, 0) is 36.6 Å². The molecule has 25 heavy (non-hydrogen) atoms. The van der Waals surface area contributed by atoms with E-state index in [1.165, 1.54) is 0 Å². The number of nitrogens with zero attached hydrogens (tertiary/aromatic N) is 2. The van der Waals surface area contributed by atoms with Gasteiger partial charge in [0.25, 0.3) is 0 Å². The Balaban J connectivity index is 1.91. The number of carbonyl (C=O) groups is 1. The van der Waals surface area contributed by atoms with Gasteiger partial charge in [-0.25, -0.2) is 4.79 Å². The topological polar surface area (TPSA) is 56.0 Å². The first-order valence-corrected chi connectivity index (χ1v) is 8.71. The zero-order valence-corrected chi connectivity index (χ0v) is 14.7. The number of benzene rings is 2. The van der Waals surface area contributed by atoms with Gasteiger partial charge in [0.15, 0.2) is 0 Å². The van der Waals surface area contributed by atoms with E-state index in [0.29, 0.717) is 6.54 Å². The first-order chi connectivity index (χ1) is 12.2. The van der Waals surface area contributed by atoms with Crippen molar-refractivity contribution in [2.24, 2.45) is 0 Å². The molecule has 5 nitrogen and oxygen atoms in total. The average Bonchev–Trinajstić information content (AvgIpc) is 2.88. The molecule has 3 aromatic rings. The van der Waals surface area contributed by atoms with Gasteiger partial charge in [-0.15, -0.1) is 0 Å². The highest BCUT2D eigenvalue weighted by Gasteiger charge is 2.15. The van der Waals surface area contributed by atoms with Crippen molar-refractivity contribution in [2.45, 2.75) is 39.8 Å². The molecule has 1 heterocycles. The number of rotatable bonds is 6. The second kappa shape index (κ2) is 7.38. The largest absolute Gasteiger partial charge is 0.329 e. The number of carbonyl (C=O) groups excluding carboxylic acids is 1. The van der Waals surface area contributed by atoms with Crippen LogP contribution in [0.5, 0.6) is 0 Å². The first kappa shape index (κ1) is 17.0. The number of hydrogen-bond donors (Lipinski definition) is 1. The van der Waals surface area contributed by atoms with Crippen LogP contribution < -0.4 is 11.0 Å². The second-order valence-electron chi connectivity index (χ2n) is 6.07. The third-order valence-electron chi connectivity index (χ3n) is 4.35. The number of hydrogen-bond acceptors (Lipinski definition) is 2. The maximum Gasteiger partial charge on any atom is 0.329 e. The van der Waals surface area contributed by atoms with E-state index in [0.717, 1.165) is 35.1 Å². The number of fused-ring (bicyclic) bond motifs is 1. The van der Waals surface area contributed by atoms with Crippen LogP contribution >= 0.6 is 0 Å². The summed E-state index contributed by atoms with van der Waals surface area (Å²) in [5.41, 5.74) is 3.41. The number of imidazole rings is 1. The Morgan fingerprint density at radius 2 is 1.60 bits per heavy atom. The summed E-state index contributed by atoms with van der Waals surface area (Å²) in [6.07, 6.45) is 1.70. The number of nitrogens with one attached hydrogen (secondary N) is 1. The quantitative estimate of drug-likeness (QED) is 0.749. The molecule has 0 spiro atoms. The van der Waals surface area contributed by atoms with Gasteiger partial charge in [0.05, 0.1) is 11.0 Å². The van der Waals surface area contributed by atoms with Crippen molar-refractivity contribution in [3.05, 3.63) is 64.6 Å². The molecule has 1 N–H and O–H groups in total. The summed E-state index contributed by atoms with van der Waals surface area (Å²) in [6, 6.07) is 15.3. The van der Waals surface area contributed by atoms with Gasteiger partial charge in [-0.3, -0.25) is 13.9 Å². The Morgan fingerprint density at radius 1 is 0.960 bits per heavy atom. The van der Waals surface area contributed by atoms with Crippen LogP contribution in [0.25, 0.3) is 11.0 Å². The highest BCUT2D eigenvalue weighted by molar-refractivity contribution is 5.92. The van der Waals surface area contributed by atoms with E-state index in [1.54, 1.807) is 9.13 Å². The molecule has 0 radical (unpaired) electrons. The predicted octanol–water partition coefficient (Wildman–Crippen LogP) is 3.41. The number of amides is 1. The zero-order valence-electron chi connectivity index (χ0n) is 14.7. The van der Waals surface area contributed by atoms with Crippen molar-refractivity contribution in [2.75, 3.05) is 5.32 Å². The average molecular weight is 337 g/mol. The van der Waals surface area contributed by atoms with Crippen molar-refractivity contribution in [1.29, 1.82) is 0 Å². The molecule has 2 aromatic carbocycles.